The number of halogens is 1. The molecule has 2 rings (SSSR count). The molecular weight excluding hydrogens is 452 g/mol. The first-order valence-corrected chi connectivity index (χ1v) is 10.8. The van der Waals surface area contributed by atoms with Gasteiger partial charge >= 0.3 is 11.9 Å². The average Bonchev–Trinajstić information content (AvgIpc) is 2.50. The molecule has 1 fully saturated rings. The second-order valence-corrected chi connectivity index (χ2v) is 11.0. The molecule has 0 saturated heterocycles. The Hall–Kier alpha value is -1.73. The molecule has 7 heteroatoms. The Morgan fingerprint density at radius 3 is 1.93 bits per heavy atom. The monoisotopic (exact) mass is 482 g/mol. The molecule has 0 heterocycles. The standard InChI is InChI=1S/C23H31BrO6/c1-21(2,3)29-19(26)17-15(25)12-23(7,28)18(20(27)30-22(4,5)6)16(17)13-8-10-14(24)11-9-13/h8-11,16-18,28H,12H2,1-7H3/t16-,17+,18+,23-/m1/s1. The van der Waals surface area contributed by atoms with Gasteiger partial charge in [-0.15, -0.1) is 0 Å². The minimum absolute atomic E-state index is 0.339. The molecule has 0 unspecified atom stereocenters. The van der Waals surface area contributed by atoms with Crippen molar-refractivity contribution in [2.24, 2.45) is 11.8 Å². The number of hydrogen-bond donors (Lipinski definition) is 1. The number of Topliss-reactive ketones (excluding diaryl/α,β-unsaturated/α-hetero) is 1. The molecule has 1 saturated carbocycles. The molecule has 0 spiro atoms. The summed E-state index contributed by atoms with van der Waals surface area (Å²) in [5.41, 5.74) is -2.68. The molecule has 0 amide bonds. The van der Waals surface area contributed by atoms with Crippen LogP contribution < -0.4 is 0 Å². The zero-order valence-corrected chi connectivity index (χ0v) is 20.2. The second kappa shape index (κ2) is 8.42. The predicted octanol–water partition coefficient (Wildman–Crippen LogP) is 4.17. The summed E-state index contributed by atoms with van der Waals surface area (Å²) in [5.74, 6) is -5.07. The Labute approximate surface area is 186 Å². The molecule has 6 nitrogen and oxygen atoms in total. The molecule has 4 atom stereocenters. The Balaban J connectivity index is 2.62. The third-order valence-corrected chi connectivity index (χ3v) is 5.37. The van der Waals surface area contributed by atoms with Crippen molar-refractivity contribution < 1.29 is 29.0 Å². The summed E-state index contributed by atoms with van der Waals surface area (Å²) in [5, 5.41) is 11.1. The third kappa shape index (κ3) is 5.91. The van der Waals surface area contributed by atoms with Crippen LogP contribution >= 0.6 is 15.9 Å². The number of carbonyl (C=O) groups excluding carboxylic acids is 3. The lowest BCUT2D eigenvalue weighted by Gasteiger charge is -2.44. The SMILES string of the molecule is CC(C)(C)OC(=O)[C@H]1C(=O)C[C@@](C)(O)[C@H](C(=O)OC(C)(C)C)[C@@H]1c1ccc(Br)cc1. The normalized spacial score (nSPS) is 27.5. The Morgan fingerprint density at radius 1 is 1.00 bits per heavy atom. The van der Waals surface area contributed by atoms with Gasteiger partial charge in [0.25, 0.3) is 0 Å². The highest BCUT2D eigenvalue weighted by Crippen LogP contribution is 2.47. The van der Waals surface area contributed by atoms with E-state index in [2.05, 4.69) is 15.9 Å². The minimum Gasteiger partial charge on any atom is -0.460 e. The van der Waals surface area contributed by atoms with Crippen LogP contribution in [-0.4, -0.2) is 39.6 Å². The lowest BCUT2D eigenvalue weighted by molar-refractivity contribution is -0.182. The maximum atomic E-state index is 13.2. The molecule has 30 heavy (non-hydrogen) atoms. The van der Waals surface area contributed by atoms with Gasteiger partial charge in [0.1, 0.15) is 17.1 Å². The first-order valence-electron chi connectivity index (χ1n) is 9.98. The summed E-state index contributed by atoms with van der Waals surface area (Å²) in [6.45, 7) is 11.8. The van der Waals surface area contributed by atoms with E-state index in [1.54, 1.807) is 65.8 Å². The molecular formula is C23H31BrO6. The lowest BCUT2D eigenvalue weighted by atomic mass is 9.61. The van der Waals surface area contributed by atoms with Crippen LogP contribution in [-0.2, 0) is 23.9 Å². The topological polar surface area (TPSA) is 89.9 Å². The van der Waals surface area contributed by atoms with Crippen molar-refractivity contribution in [3.05, 3.63) is 34.3 Å². The van der Waals surface area contributed by atoms with Gasteiger partial charge in [0.15, 0.2) is 5.78 Å². The highest BCUT2D eigenvalue weighted by Gasteiger charge is 2.57. The van der Waals surface area contributed by atoms with Crippen LogP contribution in [0.4, 0.5) is 0 Å². The van der Waals surface area contributed by atoms with Crippen LogP contribution in [0.15, 0.2) is 28.7 Å². The van der Waals surface area contributed by atoms with E-state index in [4.69, 9.17) is 9.47 Å². The highest BCUT2D eigenvalue weighted by atomic mass is 79.9. The Bertz CT molecular complexity index is 814. The van der Waals surface area contributed by atoms with Crippen LogP contribution in [0.1, 0.15) is 66.4 Å². The summed E-state index contributed by atoms with van der Waals surface area (Å²) < 4.78 is 11.9. The van der Waals surface area contributed by atoms with Crippen molar-refractivity contribution in [2.45, 2.75) is 77.6 Å². The molecule has 1 aromatic carbocycles. The van der Waals surface area contributed by atoms with Crippen LogP contribution in [0.25, 0.3) is 0 Å². The smallest absolute Gasteiger partial charge is 0.317 e. The first kappa shape index (κ1) is 24.5. The minimum atomic E-state index is -1.67. The summed E-state index contributed by atoms with van der Waals surface area (Å²) in [4.78, 5) is 39.3. The van der Waals surface area contributed by atoms with Crippen molar-refractivity contribution in [3.63, 3.8) is 0 Å². The molecule has 0 aliphatic heterocycles. The fourth-order valence-corrected chi connectivity index (χ4v) is 4.10. The van der Waals surface area contributed by atoms with E-state index in [1.807, 2.05) is 0 Å². The molecule has 0 bridgehead atoms. The summed E-state index contributed by atoms with van der Waals surface area (Å²) >= 11 is 3.37. The van der Waals surface area contributed by atoms with Crippen LogP contribution in [0.3, 0.4) is 0 Å². The van der Waals surface area contributed by atoms with Gasteiger partial charge in [0, 0.05) is 16.8 Å². The molecule has 1 N–H and O–H groups in total. The van der Waals surface area contributed by atoms with E-state index in [1.165, 1.54) is 6.92 Å². The van der Waals surface area contributed by atoms with E-state index in [9.17, 15) is 19.5 Å². The van der Waals surface area contributed by atoms with Gasteiger partial charge in [-0.1, -0.05) is 28.1 Å². The number of hydrogen-bond acceptors (Lipinski definition) is 6. The van der Waals surface area contributed by atoms with Gasteiger partial charge in [0.05, 0.1) is 11.5 Å². The van der Waals surface area contributed by atoms with Crippen molar-refractivity contribution >= 4 is 33.7 Å². The van der Waals surface area contributed by atoms with E-state index in [-0.39, 0.29) is 6.42 Å². The molecule has 166 valence electrons. The van der Waals surface area contributed by atoms with Crippen molar-refractivity contribution in [1.29, 1.82) is 0 Å². The number of ketones is 1. The number of carbonyl (C=O) groups is 3. The summed E-state index contributed by atoms with van der Waals surface area (Å²) in [6.07, 6.45) is -0.339. The molecule has 0 aromatic heterocycles. The Morgan fingerprint density at radius 2 is 1.47 bits per heavy atom. The number of benzene rings is 1. The number of esters is 2. The van der Waals surface area contributed by atoms with E-state index >= 15 is 0 Å². The van der Waals surface area contributed by atoms with E-state index in [0.717, 1.165) is 4.47 Å². The Kier molecular flexibility index (Phi) is 6.89. The summed E-state index contributed by atoms with van der Waals surface area (Å²) in [6, 6.07) is 7.00. The fourth-order valence-electron chi connectivity index (χ4n) is 3.83. The van der Waals surface area contributed by atoms with Crippen LogP contribution in [0.5, 0.6) is 0 Å². The number of ether oxygens (including phenoxy) is 2. The van der Waals surface area contributed by atoms with Crippen LogP contribution in [0, 0.1) is 11.8 Å². The van der Waals surface area contributed by atoms with Crippen LogP contribution in [0.2, 0.25) is 0 Å². The number of rotatable bonds is 3. The van der Waals surface area contributed by atoms with Gasteiger partial charge in [-0.05, 0) is 66.2 Å². The highest BCUT2D eigenvalue weighted by molar-refractivity contribution is 9.10. The van der Waals surface area contributed by atoms with Crippen molar-refractivity contribution in [3.8, 4) is 0 Å². The molecule has 1 aliphatic rings. The van der Waals surface area contributed by atoms with Gasteiger partial charge < -0.3 is 14.6 Å². The predicted molar refractivity (Wildman–Crippen MR) is 116 cm³/mol. The fraction of sp³-hybridized carbons (Fsp3) is 0.609. The summed E-state index contributed by atoms with van der Waals surface area (Å²) in [7, 11) is 0. The molecule has 1 aliphatic carbocycles. The van der Waals surface area contributed by atoms with Crippen molar-refractivity contribution in [2.75, 3.05) is 0 Å². The zero-order valence-electron chi connectivity index (χ0n) is 18.6. The van der Waals surface area contributed by atoms with Gasteiger partial charge in [-0.25, -0.2) is 0 Å². The van der Waals surface area contributed by atoms with Gasteiger partial charge in [-0.3, -0.25) is 14.4 Å². The number of aliphatic hydroxyl groups is 1. The maximum Gasteiger partial charge on any atom is 0.317 e. The first-order chi connectivity index (χ1) is 13.5. The molecule has 0 radical (unpaired) electrons. The zero-order chi connectivity index (χ0) is 23.1. The van der Waals surface area contributed by atoms with Gasteiger partial charge in [-0.2, -0.15) is 0 Å². The molecule has 1 aromatic rings. The van der Waals surface area contributed by atoms with E-state index < -0.39 is 52.3 Å². The largest absolute Gasteiger partial charge is 0.460 e. The second-order valence-electron chi connectivity index (χ2n) is 10.1. The van der Waals surface area contributed by atoms with E-state index in [0.29, 0.717) is 5.56 Å². The van der Waals surface area contributed by atoms with Gasteiger partial charge in [0.2, 0.25) is 0 Å². The lowest BCUT2D eigenvalue weighted by Crippen LogP contribution is -2.56. The third-order valence-electron chi connectivity index (χ3n) is 4.84. The average molecular weight is 483 g/mol. The maximum absolute atomic E-state index is 13.2. The van der Waals surface area contributed by atoms with Crippen molar-refractivity contribution in [1.82, 2.24) is 0 Å². The quantitative estimate of drug-likeness (QED) is 0.513.